The van der Waals surface area contributed by atoms with Gasteiger partial charge in [-0.05, 0) is 68.7 Å². The Kier molecular flexibility index (Phi) is 2.51. The second-order valence-corrected chi connectivity index (χ2v) is 5.82. The average Bonchev–Trinajstić information content (AvgIpc) is 2.41. The van der Waals surface area contributed by atoms with Crippen LogP contribution in [-0.4, -0.2) is 12.6 Å². The Bertz CT molecular complexity index is 402. The summed E-state index contributed by atoms with van der Waals surface area (Å²) in [6.45, 7) is 0. The maximum atomic E-state index is 13.4. The van der Waals surface area contributed by atoms with Gasteiger partial charge in [0.25, 0.3) is 0 Å². The summed E-state index contributed by atoms with van der Waals surface area (Å²) >= 11 is 0. The lowest BCUT2D eigenvalue weighted by Gasteiger charge is -2.53. The zero-order chi connectivity index (χ0) is 11.9. The fourth-order valence-corrected chi connectivity index (χ4v) is 3.81. The van der Waals surface area contributed by atoms with Gasteiger partial charge in [0, 0.05) is 5.54 Å². The Balaban J connectivity index is 1.90. The van der Waals surface area contributed by atoms with Gasteiger partial charge in [-0.25, -0.2) is 4.39 Å². The zero-order valence-corrected chi connectivity index (χ0v) is 10.4. The second kappa shape index (κ2) is 3.81. The van der Waals surface area contributed by atoms with Crippen LogP contribution < -0.4 is 5.32 Å². The molecule has 2 bridgehead atoms. The molecule has 3 fully saturated rings. The van der Waals surface area contributed by atoms with Crippen molar-refractivity contribution in [3.05, 3.63) is 35.6 Å². The topological polar surface area (TPSA) is 12.0 Å². The summed E-state index contributed by atoms with van der Waals surface area (Å²) < 4.78 is 13.4. The standard InChI is InChI=1S/C15H20FN/c1-17-15-8-5-14(6-9-15,7-10-15)12-3-2-4-13(16)11-12/h2-4,11,17H,5-10H2,1H3. The van der Waals surface area contributed by atoms with Gasteiger partial charge in [0.1, 0.15) is 5.82 Å². The van der Waals surface area contributed by atoms with Crippen molar-refractivity contribution in [1.29, 1.82) is 0 Å². The molecule has 4 rings (SSSR count). The largest absolute Gasteiger partial charge is 0.314 e. The molecular formula is C15H20FN. The third-order valence-electron chi connectivity index (χ3n) is 5.21. The average molecular weight is 233 g/mol. The first kappa shape index (κ1) is 11.2. The summed E-state index contributed by atoms with van der Waals surface area (Å²) in [5.41, 5.74) is 1.87. The fourth-order valence-electron chi connectivity index (χ4n) is 3.81. The monoisotopic (exact) mass is 233 g/mol. The van der Waals surface area contributed by atoms with E-state index in [2.05, 4.69) is 18.4 Å². The molecule has 1 nitrogen and oxygen atoms in total. The van der Waals surface area contributed by atoms with Crippen LogP contribution in [0.2, 0.25) is 0 Å². The molecule has 3 aliphatic rings. The second-order valence-electron chi connectivity index (χ2n) is 5.82. The van der Waals surface area contributed by atoms with Gasteiger partial charge < -0.3 is 5.32 Å². The van der Waals surface area contributed by atoms with Crippen LogP contribution in [0.5, 0.6) is 0 Å². The van der Waals surface area contributed by atoms with Gasteiger partial charge >= 0.3 is 0 Å². The smallest absolute Gasteiger partial charge is 0.123 e. The van der Waals surface area contributed by atoms with E-state index >= 15 is 0 Å². The highest BCUT2D eigenvalue weighted by Crippen LogP contribution is 2.53. The number of fused-ring (bicyclic) bond motifs is 3. The molecule has 1 aromatic carbocycles. The summed E-state index contributed by atoms with van der Waals surface area (Å²) in [4.78, 5) is 0. The lowest BCUT2D eigenvalue weighted by Crippen LogP contribution is -2.54. The quantitative estimate of drug-likeness (QED) is 0.825. The summed E-state index contributed by atoms with van der Waals surface area (Å²) in [6.07, 6.45) is 7.33. The van der Waals surface area contributed by atoms with Crippen molar-refractivity contribution in [2.45, 2.75) is 49.5 Å². The number of benzene rings is 1. The third-order valence-corrected chi connectivity index (χ3v) is 5.21. The molecule has 92 valence electrons. The highest BCUT2D eigenvalue weighted by atomic mass is 19.1. The molecule has 0 amide bonds. The van der Waals surface area contributed by atoms with Gasteiger partial charge in [-0.15, -0.1) is 0 Å². The SMILES string of the molecule is CNC12CCC(c3cccc(F)c3)(CC1)CC2. The molecule has 0 spiro atoms. The van der Waals surface area contributed by atoms with Gasteiger partial charge in [0.15, 0.2) is 0 Å². The van der Waals surface area contributed by atoms with E-state index in [0.29, 0.717) is 5.54 Å². The molecule has 0 aromatic heterocycles. The first-order valence-electron chi connectivity index (χ1n) is 6.63. The van der Waals surface area contributed by atoms with Crippen molar-refractivity contribution in [3.8, 4) is 0 Å². The van der Waals surface area contributed by atoms with Crippen molar-refractivity contribution < 1.29 is 4.39 Å². The molecule has 0 atom stereocenters. The number of hydrogen-bond donors (Lipinski definition) is 1. The van der Waals surface area contributed by atoms with E-state index in [-0.39, 0.29) is 11.2 Å². The minimum atomic E-state index is -0.0899. The maximum Gasteiger partial charge on any atom is 0.123 e. The molecule has 0 saturated heterocycles. The fraction of sp³-hybridized carbons (Fsp3) is 0.600. The Morgan fingerprint density at radius 2 is 1.71 bits per heavy atom. The Hall–Kier alpha value is -0.890. The van der Waals surface area contributed by atoms with Gasteiger partial charge in [-0.2, -0.15) is 0 Å². The Labute approximate surface area is 102 Å². The first-order chi connectivity index (χ1) is 8.18. The molecular weight excluding hydrogens is 213 g/mol. The summed E-state index contributed by atoms with van der Waals surface area (Å²) in [5, 5.41) is 3.51. The van der Waals surface area contributed by atoms with Crippen LogP contribution in [-0.2, 0) is 5.41 Å². The van der Waals surface area contributed by atoms with E-state index in [4.69, 9.17) is 0 Å². The van der Waals surface area contributed by atoms with Crippen LogP contribution >= 0.6 is 0 Å². The summed E-state index contributed by atoms with van der Waals surface area (Å²) in [6, 6.07) is 7.26. The molecule has 1 N–H and O–H groups in total. The van der Waals surface area contributed by atoms with E-state index < -0.39 is 0 Å². The van der Waals surface area contributed by atoms with Gasteiger partial charge in [0.2, 0.25) is 0 Å². The zero-order valence-electron chi connectivity index (χ0n) is 10.4. The summed E-state index contributed by atoms with van der Waals surface area (Å²) in [7, 11) is 2.08. The molecule has 0 aliphatic heterocycles. The number of rotatable bonds is 2. The normalized spacial score (nSPS) is 36.1. The van der Waals surface area contributed by atoms with Crippen LogP contribution in [0.3, 0.4) is 0 Å². The van der Waals surface area contributed by atoms with Gasteiger partial charge in [0.05, 0.1) is 0 Å². The molecule has 17 heavy (non-hydrogen) atoms. The van der Waals surface area contributed by atoms with Gasteiger partial charge in [-0.3, -0.25) is 0 Å². The molecule has 3 saturated carbocycles. The Morgan fingerprint density at radius 1 is 1.06 bits per heavy atom. The number of halogens is 1. The number of hydrogen-bond acceptors (Lipinski definition) is 1. The maximum absolute atomic E-state index is 13.4. The lowest BCUT2D eigenvalue weighted by atomic mass is 9.55. The molecule has 1 aromatic rings. The molecule has 0 radical (unpaired) electrons. The predicted octanol–water partition coefficient (Wildman–Crippen LogP) is 3.39. The van der Waals surface area contributed by atoms with Crippen molar-refractivity contribution >= 4 is 0 Å². The highest BCUT2D eigenvalue weighted by molar-refractivity contribution is 5.29. The highest BCUT2D eigenvalue weighted by Gasteiger charge is 2.48. The third kappa shape index (κ3) is 1.70. The molecule has 3 aliphatic carbocycles. The van der Waals surface area contributed by atoms with E-state index in [1.165, 1.54) is 44.1 Å². The minimum absolute atomic E-state index is 0.0899. The van der Waals surface area contributed by atoms with Crippen molar-refractivity contribution in [3.63, 3.8) is 0 Å². The van der Waals surface area contributed by atoms with E-state index in [1.807, 2.05) is 6.07 Å². The van der Waals surface area contributed by atoms with Crippen LogP contribution in [0.15, 0.2) is 24.3 Å². The molecule has 0 unspecified atom stereocenters. The Morgan fingerprint density at radius 3 is 2.24 bits per heavy atom. The molecule has 2 heteroatoms. The van der Waals surface area contributed by atoms with Crippen molar-refractivity contribution in [2.24, 2.45) is 0 Å². The van der Waals surface area contributed by atoms with E-state index in [9.17, 15) is 4.39 Å². The van der Waals surface area contributed by atoms with Gasteiger partial charge in [-0.1, -0.05) is 12.1 Å². The first-order valence-corrected chi connectivity index (χ1v) is 6.63. The van der Waals surface area contributed by atoms with E-state index in [0.717, 1.165) is 0 Å². The van der Waals surface area contributed by atoms with Crippen molar-refractivity contribution in [1.82, 2.24) is 5.32 Å². The van der Waals surface area contributed by atoms with Crippen molar-refractivity contribution in [2.75, 3.05) is 7.05 Å². The number of nitrogens with one attached hydrogen (secondary N) is 1. The minimum Gasteiger partial charge on any atom is -0.314 e. The predicted molar refractivity (Wildman–Crippen MR) is 67.6 cm³/mol. The van der Waals surface area contributed by atoms with Crippen LogP contribution in [0.4, 0.5) is 4.39 Å². The molecule has 0 heterocycles. The lowest BCUT2D eigenvalue weighted by molar-refractivity contribution is 0.0833. The van der Waals surface area contributed by atoms with E-state index in [1.54, 1.807) is 12.1 Å². The van der Waals surface area contributed by atoms with Crippen LogP contribution in [0.25, 0.3) is 0 Å². The van der Waals surface area contributed by atoms with Crippen LogP contribution in [0, 0.1) is 5.82 Å². The summed E-state index contributed by atoms with van der Waals surface area (Å²) in [5.74, 6) is -0.0899. The van der Waals surface area contributed by atoms with Crippen LogP contribution in [0.1, 0.15) is 44.1 Å².